The number of halogens is 1. The second-order valence-corrected chi connectivity index (χ2v) is 7.85. The van der Waals surface area contributed by atoms with Crippen molar-refractivity contribution < 1.29 is 9.90 Å². The van der Waals surface area contributed by atoms with E-state index in [4.69, 9.17) is 0 Å². The van der Waals surface area contributed by atoms with Crippen LogP contribution in [0.5, 0.6) is 0 Å². The van der Waals surface area contributed by atoms with Crippen LogP contribution in [0.2, 0.25) is 0 Å². The van der Waals surface area contributed by atoms with Crippen molar-refractivity contribution in [3.63, 3.8) is 0 Å². The summed E-state index contributed by atoms with van der Waals surface area (Å²) in [5.74, 6) is 0.430. The zero-order valence-corrected chi connectivity index (χ0v) is 15.5. The van der Waals surface area contributed by atoms with Gasteiger partial charge in [-0.25, -0.2) is 4.98 Å². The van der Waals surface area contributed by atoms with Crippen molar-refractivity contribution in [2.75, 3.05) is 4.90 Å². The minimum atomic E-state index is -0.345. The van der Waals surface area contributed by atoms with Crippen LogP contribution in [-0.2, 0) is 17.8 Å². The van der Waals surface area contributed by atoms with E-state index in [9.17, 15) is 9.90 Å². The van der Waals surface area contributed by atoms with Gasteiger partial charge in [0.15, 0.2) is 0 Å². The second-order valence-electron chi connectivity index (χ2n) is 6.93. The van der Waals surface area contributed by atoms with Gasteiger partial charge < -0.3 is 5.11 Å². The smallest absolute Gasteiger partial charge is 0.236 e. The summed E-state index contributed by atoms with van der Waals surface area (Å²) in [6.07, 6.45) is 3.86. The molecule has 0 bridgehead atoms. The van der Waals surface area contributed by atoms with Gasteiger partial charge in [-0.15, -0.1) is 0 Å². The van der Waals surface area contributed by atoms with Crippen LogP contribution in [0.4, 0.5) is 5.82 Å². The highest BCUT2D eigenvalue weighted by molar-refractivity contribution is 9.10. The Morgan fingerprint density at radius 2 is 2.08 bits per heavy atom. The molecular weight excluding hydrogens is 370 g/mol. The predicted molar refractivity (Wildman–Crippen MR) is 95.8 cm³/mol. The van der Waals surface area contributed by atoms with Crippen LogP contribution in [0.15, 0.2) is 35.1 Å². The normalized spacial score (nSPS) is 17.3. The summed E-state index contributed by atoms with van der Waals surface area (Å²) in [4.78, 5) is 23.7. The van der Waals surface area contributed by atoms with Crippen molar-refractivity contribution in [3.8, 4) is 0 Å². The molecule has 3 heterocycles. The number of amides is 1. The number of anilines is 1. The lowest BCUT2D eigenvalue weighted by molar-refractivity contribution is -0.120. The Morgan fingerprint density at radius 1 is 1.33 bits per heavy atom. The average molecular weight is 390 g/mol. The number of aliphatic hydroxyl groups excluding tert-OH is 1. The van der Waals surface area contributed by atoms with E-state index in [1.807, 2.05) is 39.0 Å². The van der Waals surface area contributed by atoms with Crippen molar-refractivity contribution in [2.24, 2.45) is 0 Å². The van der Waals surface area contributed by atoms with Crippen molar-refractivity contribution in [2.45, 2.75) is 45.3 Å². The van der Waals surface area contributed by atoms with Gasteiger partial charge in [0.2, 0.25) is 5.91 Å². The third kappa shape index (κ3) is 2.96. The summed E-state index contributed by atoms with van der Waals surface area (Å²) < 4.78 is 0.812. The third-order valence-corrected chi connectivity index (χ3v) is 4.62. The zero-order valence-electron chi connectivity index (χ0n) is 14.0. The number of pyridine rings is 2. The van der Waals surface area contributed by atoms with Crippen molar-refractivity contribution in [3.05, 3.63) is 51.9 Å². The Hall–Kier alpha value is -1.79. The first kappa shape index (κ1) is 17.0. The monoisotopic (exact) mass is 389 g/mol. The SMILES string of the molecule is CC(C)(C)N1C(=O)C(Cc2ncc(Br)cc2CO)c2cccnc21. The molecule has 2 aromatic heterocycles. The van der Waals surface area contributed by atoms with E-state index in [-0.39, 0.29) is 24.0 Å². The van der Waals surface area contributed by atoms with E-state index in [0.29, 0.717) is 6.42 Å². The maximum Gasteiger partial charge on any atom is 0.236 e. The predicted octanol–water partition coefficient (Wildman–Crippen LogP) is 3.20. The molecule has 2 aromatic rings. The fourth-order valence-corrected chi connectivity index (χ4v) is 3.51. The van der Waals surface area contributed by atoms with Gasteiger partial charge in [0.05, 0.1) is 12.5 Å². The Morgan fingerprint density at radius 3 is 2.75 bits per heavy atom. The molecule has 1 amide bonds. The molecule has 24 heavy (non-hydrogen) atoms. The molecular formula is C18H20BrN3O2. The molecule has 0 radical (unpaired) electrons. The quantitative estimate of drug-likeness (QED) is 0.874. The number of nitrogens with zero attached hydrogens (tertiary/aromatic N) is 3. The maximum atomic E-state index is 13.1. The highest BCUT2D eigenvalue weighted by Crippen LogP contribution is 2.41. The van der Waals surface area contributed by atoms with Gasteiger partial charge in [0.25, 0.3) is 0 Å². The molecule has 6 heteroatoms. The van der Waals surface area contributed by atoms with Gasteiger partial charge in [-0.2, -0.15) is 0 Å². The van der Waals surface area contributed by atoms with E-state index in [1.54, 1.807) is 17.3 Å². The summed E-state index contributed by atoms with van der Waals surface area (Å²) in [5, 5.41) is 9.59. The van der Waals surface area contributed by atoms with Crippen LogP contribution in [0, 0.1) is 0 Å². The van der Waals surface area contributed by atoms with Crippen molar-refractivity contribution >= 4 is 27.7 Å². The van der Waals surface area contributed by atoms with Crippen molar-refractivity contribution in [1.29, 1.82) is 0 Å². The van der Waals surface area contributed by atoms with Crippen molar-refractivity contribution in [1.82, 2.24) is 9.97 Å². The molecule has 1 N–H and O–H groups in total. The van der Waals surface area contributed by atoms with Gasteiger partial charge in [0, 0.05) is 45.6 Å². The Bertz CT molecular complexity index is 786. The second kappa shape index (κ2) is 6.26. The number of hydrogen-bond donors (Lipinski definition) is 1. The first-order chi connectivity index (χ1) is 11.3. The van der Waals surface area contributed by atoms with Crippen LogP contribution in [0.1, 0.15) is 43.5 Å². The molecule has 1 aliphatic heterocycles. The minimum absolute atomic E-state index is 0.0322. The fraction of sp³-hybridized carbons (Fsp3) is 0.389. The number of fused-ring (bicyclic) bond motifs is 1. The standard InChI is InChI=1S/C18H20BrN3O2/c1-18(2,3)22-16-13(5-4-6-20-16)14(17(22)24)8-15-11(10-23)7-12(19)9-21-15/h4-7,9,14,23H,8,10H2,1-3H3. The largest absolute Gasteiger partial charge is 0.392 e. The van der Waals surface area contributed by atoms with E-state index in [1.165, 1.54) is 0 Å². The average Bonchev–Trinajstić information content (AvgIpc) is 2.81. The summed E-state index contributed by atoms with van der Waals surface area (Å²) in [5.41, 5.74) is 2.05. The van der Waals surface area contributed by atoms with E-state index in [2.05, 4.69) is 25.9 Å². The van der Waals surface area contributed by atoms with Crippen LogP contribution >= 0.6 is 15.9 Å². The molecule has 0 spiro atoms. The highest BCUT2D eigenvalue weighted by atomic mass is 79.9. The first-order valence-corrected chi connectivity index (χ1v) is 8.65. The summed E-state index contributed by atoms with van der Waals surface area (Å²) in [6, 6.07) is 5.65. The number of carbonyl (C=O) groups excluding carboxylic acids is 1. The molecule has 1 aliphatic rings. The number of hydrogen-bond acceptors (Lipinski definition) is 4. The molecule has 0 aromatic carbocycles. The van der Waals surface area contributed by atoms with Crippen LogP contribution in [0.3, 0.4) is 0 Å². The molecule has 1 atom stereocenters. The first-order valence-electron chi connectivity index (χ1n) is 7.86. The Labute approximate surface area is 149 Å². The molecule has 3 rings (SSSR count). The lowest BCUT2D eigenvalue weighted by Gasteiger charge is -2.31. The van der Waals surface area contributed by atoms with Crippen LogP contribution in [0.25, 0.3) is 0 Å². The highest BCUT2D eigenvalue weighted by Gasteiger charge is 2.43. The molecule has 0 fully saturated rings. The molecule has 0 aliphatic carbocycles. The molecule has 126 valence electrons. The van der Waals surface area contributed by atoms with Gasteiger partial charge in [-0.3, -0.25) is 14.7 Å². The van der Waals surface area contributed by atoms with Crippen LogP contribution in [-0.4, -0.2) is 26.5 Å². The lowest BCUT2D eigenvalue weighted by atomic mass is 9.94. The van der Waals surface area contributed by atoms with Gasteiger partial charge in [-0.1, -0.05) is 6.07 Å². The molecule has 0 saturated carbocycles. The number of rotatable bonds is 3. The Kier molecular flexibility index (Phi) is 4.44. The third-order valence-electron chi connectivity index (χ3n) is 4.19. The molecule has 1 unspecified atom stereocenters. The minimum Gasteiger partial charge on any atom is -0.392 e. The van der Waals surface area contributed by atoms with Crippen LogP contribution < -0.4 is 4.90 Å². The summed E-state index contributed by atoms with van der Waals surface area (Å²) in [7, 11) is 0. The maximum absolute atomic E-state index is 13.1. The van der Waals surface area contributed by atoms with E-state index >= 15 is 0 Å². The fourth-order valence-electron chi connectivity index (χ4n) is 3.13. The Balaban J connectivity index is 2.02. The van der Waals surface area contributed by atoms with E-state index < -0.39 is 0 Å². The van der Waals surface area contributed by atoms with E-state index in [0.717, 1.165) is 27.1 Å². The topological polar surface area (TPSA) is 66.3 Å². The molecule has 0 saturated heterocycles. The van der Waals surface area contributed by atoms with Gasteiger partial charge in [0.1, 0.15) is 5.82 Å². The molecule has 5 nitrogen and oxygen atoms in total. The summed E-state index contributed by atoms with van der Waals surface area (Å²) >= 11 is 3.36. The number of carbonyl (C=O) groups is 1. The lowest BCUT2D eigenvalue weighted by Crippen LogP contribution is -2.45. The summed E-state index contributed by atoms with van der Waals surface area (Å²) in [6.45, 7) is 5.90. The number of aliphatic hydroxyl groups is 1. The number of aromatic nitrogens is 2. The zero-order chi connectivity index (χ0) is 17.5. The van der Waals surface area contributed by atoms with Gasteiger partial charge >= 0.3 is 0 Å². The van der Waals surface area contributed by atoms with Gasteiger partial charge in [-0.05, 0) is 48.8 Å².